The first-order valence-corrected chi connectivity index (χ1v) is 14.2. The van der Waals surface area contributed by atoms with E-state index in [1.807, 2.05) is 13.8 Å². The molecule has 4 aliphatic rings. The van der Waals surface area contributed by atoms with E-state index in [0.717, 1.165) is 25.9 Å². The molecular formula is C30H48ClNO9. The van der Waals surface area contributed by atoms with Gasteiger partial charge in [-0.25, -0.2) is 4.79 Å². The van der Waals surface area contributed by atoms with Crippen LogP contribution in [0, 0.1) is 10.8 Å². The van der Waals surface area contributed by atoms with Gasteiger partial charge in [0.15, 0.2) is 24.1 Å². The van der Waals surface area contributed by atoms with Crippen LogP contribution in [0.25, 0.3) is 0 Å². The zero-order valence-corrected chi connectivity index (χ0v) is 25.8. The zero-order valence-electron chi connectivity index (χ0n) is 25.0. The number of esters is 2. The van der Waals surface area contributed by atoms with Gasteiger partial charge in [0.1, 0.15) is 5.60 Å². The molecule has 4 N–H and O–H groups in total. The van der Waals surface area contributed by atoms with Gasteiger partial charge in [-0.1, -0.05) is 31.9 Å². The van der Waals surface area contributed by atoms with Crippen LogP contribution in [0.4, 0.5) is 0 Å². The summed E-state index contributed by atoms with van der Waals surface area (Å²) in [7, 11) is 0. The number of ether oxygens (including phenoxy) is 3. The minimum Gasteiger partial charge on any atom is -0.454 e. The van der Waals surface area contributed by atoms with Gasteiger partial charge in [0.05, 0.1) is 23.5 Å². The number of hydrogen-bond donors (Lipinski definition) is 2. The van der Waals surface area contributed by atoms with Crippen LogP contribution < -0.4 is 0 Å². The summed E-state index contributed by atoms with van der Waals surface area (Å²) in [6.07, 6.45) is 5.51. The number of aliphatic hydroxyl groups is 2. The fraction of sp³-hybridized carbons (Fsp3) is 0.767. The third-order valence-corrected chi connectivity index (χ3v) is 9.81. The van der Waals surface area contributed by atoms with Crippen LogP contribution in [-0.2, 0) is 28.6 Å². The highest BCUT2D eigenvalue weighted by atomic mass is 35.5. The standard InChI is InChI=1S/C30H45NO8.ClH.H2O/c1-7-27(4)18-22(33)30(36)28(5)20(26(2,3)13-11-21(28)32)17-23(29(30,6)39-27)38-25(35)19-37-24(34)12-16-31-14-9-8-10-15-31;;/h7,17,21,23,32,36H,1,8-16,18-19H2,2-6H3;1H;1H2/t21-,23-,27-,28+,29+,30-;;/m0../s1. The molecule has 4 rings (SSSR count). The largest absolute Gasteiger partial charge is 0.454 e. The Morgan fingerprint density at radius 1 is 1.15 bits per heavy atom. The van der Waals surface area contributed by atoms with Gasteiger partial charge in [-0.05, 0) is 71.0 Å². The number of carbonyl (C=O) groups is 3. The average molecular weight is 602 g/mol. The van der Waals surface area contributed by atoms with Crippen LogP contribution in [0.3, 0.4) is 0 Å². The number of carbonyl (C=O) groups excluding carboxylic acids is 3. The second-order valence-electron chi connectivity index (χ2n) is 13.0. The molecule has 6 atom stereocenters. The fourth-order valence-electron chi connectivity index (χ4n) is 7.42. The molecule has 0 unspecified atom stereocenters. The highest BCUT2D eigenvalue weighted by Gasteiger charge is 2.76. The number of Topliss-reactive ketones (excluding diaryl/α,β-unsaturated/α-hetero) is 1. The van der Waals surface area contributed by atoms with Crippen LogP contribution in [0.1, 0.15) is 79.6 Å². The van der Waals surface area contributed by atoms with Crippen LogP contribution in [0.15, 0.2) is 24.3 Å². The minimum atomic E-state index is -2.19. The molecule has 3 fully saturated rings. The molecule has 0 spiro atoms. The topological polar surface area (TPSA) is 154 Å². The molecule has 10 nitrogen and oxygen atoms in total. The summed E-state index contributed by atoms with van der Waals surface area (Å²) < 4.78 is 17.5. The lowest BCUT2D eigenvalue weighted by atomic mass is 9.44. The molecule has 2 aliphatic heterocycles. The summed E-state index contributed by atoms with van der Waals surface area (Å²) in [6, 6.07) is 0. The Bertz CT molecular complexity index is 1060. The third-order valence-electron chi connectivity index (χ3n) is 9.81. The quantitative estimate of drug-likeness (QED) is 0.331. The van der Waals surface area contributed by atoms with Crippen molar-refractivity contribution in [2.24, 2.45) is 10.8 Å². The maximum Gasteiger partial charge on any atom is 0.344 e. The number of ketones is 1. The van der Waals surface area contributed by atoms with Crippen LogP contribution in [-0.4, -0.2) is 93.6 Å². The number of likely N-dealkylation sites (tertiary alicyclic amines) is 1. The van der Waals surface area contributed by atoms with E-state index < -0.39 is 64.2 Å². The van der Waals surface area contributed by atoms with Crippen molar-refractivity contribution in [1.82, 2.24) is 4.90 Å². The second-order valence-corrected chi connectivity index (χ2v) is 13.0. The van der Waals surface area contributed by atoms with Crippen LogP contribution in [0.5, 0.6) is 0 Å². The molecule has 0 aromatic heterocycles. The number of piperidine rings is 1. The van der Waals surface area contributed by atoms with Gasteiger partial charge in [-0.15, -0.1) is 19.0 Å². The van der Waals surface area contributed by atoms with Gasteiger partial charge in [0.2, 0.25) is 0 Å². The number of rotatable bonds is 7. The van der Waals surface area contributed by atoms with Crippen molar-refractivity contribution in [3.8, 4) is 0 Å². The Labute approximate surface area is 249 Å². The van der Waals surface area contributed by atoms with E-state index in [4.69, 9.17) is 14.2 Å². The van der Waals surface area contributed by atoms with Crippen molar-refractivity contribution in [3.05, 3.63) is 24.3 Å². The van der Waals surface area contributed by atoms with Gasteiger partial charge in [-0.2, -0.15) is 0 Å². The lowest BCUT2D eigenvalue weighted by molar-refractivity contribution is -0.305. The predicted octanol–water partition coefficient (Wildman–Crippen LogP) is 2.47. The average Bonchev–Trinajstić information content (AvgIpc) is 2.88. The number of fused-ring (bicyclic) bond motifs is 3. The van der Waals surface area contributed by atoms with Crippen molar-refractivity contribution in [2.45, 2.75) is 109 Å². The SMILES string of the molecule is C=C[C@@]1(C)CC(=O)[C@@]2(O)[C@](C)(O1)[C@@H](OC(=O)COC(=O)CCN1CCCCC1)C=C1C(C)(C)CC[C@H](O)[C@@]12C.Cl.O. The van der Waals surface area contributed by atoms with E-state index in [9.17, 15) is 24.6 Å². The van der Waals surface area contributed by atoms with Gasteiger partial charge in [0.25, 0.3) is 0 Å². The molecule has 2 saturated heterocycles. The van der Waals surface area contributed by atoms with E-state index in [1.54, 1.807) is 26.8 Å². The maximum absolute atomic E-state index is 13.9. The van der Waals surface area contributed by atoms with E-state index in [0.29, 0.717) is 25.0 Å². The summed E-state index contributed by atoms with van der Waals surface area (Å²) in [4.78, 5) is 41.4. The number of aliphatic hydroxyl groups excluding tert-OH is 1. The highest BCUT2D eigenvalue weighted by Crippen LogP contribution is 2.64. The molecule has 0 bridgehead atoms. The molecule has 0 aromatic carbocycles. The summed E-state index contributed by atoms with van der Waals surface area (Å²) in [5.74, 6) is -1.81. The van der Waals surface area contributed by atoms with Gasteiger partial charge >= 0.3 is 11.9 Å². The molecule has 2 aliphatic carbocycles. The Balaban J connectivity index is 0.00000294. The molecular weight excluding hydrogens is 554 g/mol. The fourth-order valence-corrected chi connectivity index (χ4v) is 7.42. The number of halogens is 1. The van der Waals surface area contributed by atoms with Gasteiger partial charge in [-0.3, -0.25) is 9.59 Å². The van der Waals surface area contributed by atoms with Crippen molar-refractivity contribution in [1.29, 1.82) is 0 Å². The van der Waals surface area contributed by atoms with Crippen molar-refractivity contribution >= 4 is 30.1 Å². The molecule has 0 radical (unpaired) electrons. The molecule has 234 valence electrons. The maximum atomic E-state index is 13.9. The monoisotopic (exact) mass is 601 g/mol. The van der Waals surface area contributed by atoms with E-state index in [-0.39, 0.29) is 30.7 Å². The highest BCUT2D eigenvalue weighted by molar-refractivity contribution is 5.93. The minimum absolute atomic E-state index is 0. The second kappa shape index (κ2) is 12.4. The van der Waals surface area contributed by atoms with E-state index in [1.165, 1.54) is 12.5 Å². The lowest BCUT2D eigenvalue weighted by Gasteiger charge is -2.66. The smallest absolute Gasteiger partial charge is 0.344 e. The Morgan fingerprint density at radius 2 is 1.78 bits per heavy atom. The van der Waals surface area contributed by atoms with Gasteiger partial charge < -0.3 is 34.8 Å². The van der Waals surface area contributed by atoms with Crippen molar-refractivity contribution in [2.75, 3.05) is 26.2 Å². The third kappa shape index (κ3) is 5.88. The summed E-state index contributed by atoms with van der Waals surface area (Å²) >= 11 is 0. The summed E-state index contributed by atoms with van der Waals surface area (Å²) in [5, 5.41) is 23.7. The Morgan fingerprint density at radius 3 is 2.39 bits per heavy atom. The van der Waals surface area contributed by atoms with Crippen molar-refractivity contribution in [3.63, 3.8) is 0 Å². The first kappa shape index (κ1) is 35.4. The predicted molar refractivity (Wildman–Crippen MR) is 154 cm³/mol. The van der Waals surface area contributed by atoms with Crippen LogP contribution >= 0.6 is 12.4 Å². The molecule has 0 aromatic rings. The Hall–Kier alpha value is -1.82. The number of nitrogens with zero attached hydrogens (tertiary/aromatic N) is 1. The van der Waals surface area contributed by atoms with Crippen molar-refractivity contribution < 1.29 is 44.3 Å². The summed E-state index contributed by atoms with van der Waals surface area (Å²) in [6.45, 7) is 14.6. The molecule has 1 saturated carbocycles. The normalized spacial score (nSPS) is 38.1. The molecule has 11 heteroatoms. The van der Waals surface area contributed by atoms with E-state index >= 15 is 0 Å². The Kier molecular flexibility index (Phi) is 10.7. The molecule has 41 heavy (non-hydrogen) atoms. The number of hydrogen-bond acceptors (Lipinski definition) is 9. The molecule has 0 amide bonds. The van der Waals surface area contributed by atoms with Crippen LogP contribution in [0.2, 0.25) is 0 Å². The first-order chi connectivity index (χ1) is 18.1. The van der Waals surface area contributed by atoms with Gasteiger partial charge in [0, 0.05) is 13.0 Å². The molecule has 2 heterocycles. The van der Waals surface area contributed by atoms with E-state index in [2.05, 4.69) is 11.5 Å². The first-order valence-electron chi connectivity index (χ1n) is 14.2. The zero-order chi connectivity index (χ0) is 28.9. The summed E-state index contributed by atoms with van der Waals surface area (Å²) in [5.41, 5.74) is -6.28. The lowest BCUT2D eigenvalue weighted by Crippen LogP contribution is -2.81.